The van der Waals surface area contributed by atoms with Crippen molar-refractivity contribution >= 4 is 6.29 Å². The van der Waals surface area contributed by atoms with Crippen molar-refractivity contribution in [3.63, 3.8) is 0 Å². The summed E-state index contributed by atoms with van der Waals surface area (Å²) >= 11 is 0. The highest BCUT2D eigenvalue weighted by Crippen LogP contribution is 2.58. The molecule has 2 fully saturated rings. The predicted octanol–water partition coefficient (Wildman–Crippen LogP) is 3.35. The normalized spacial score (nSPS) is 35.1. The van der Waals surface area contributed by atoms with Crippen LogP contribution in [-0.2, 0) is 4.79 Å². The van der Waals surface area contributed by atoms with E-state index in [1.165, 1.54) is 32.1 Å². The minimum Gasteiger partial charge on any atom is -0.303 e. The first kappa shape index (κ1) is 9.95. The van der Waals surface area contributed by atoms with Gasteiger partial charge in [-0.2, -0.15) is 0 Å². The first-order valence-corrected chi connectivity index (χ1v) is 5.81. The third-order valence-electron chi connectivity index (χ3n) is 4.05. The Morgan fingerprint density at radius 3 is 2.29 bits per heavy atom. The van der Waals surface area contributed by atoms with Gasteiger partial charge < -0.3 is 4.79 Å². The van der Waals surface area contributed by atoms with Crippen molar-refractivity contribution in [2.24, 2.45) is 17.3 Å². The average molecular weight is 192 g/mol. The van der Waals surface area contributed by atoms with Crippen molar-refractivity contribution < 1.29 is 4.79 Å². The second kappa shape index (κ2) is 3.52. The highest BCUT2D eigenvalue weighted by molar-refractivity contribution is 5.62. The Hall–Kier alpha value is -0.590. The molecule has 0 amide bonds. The SMILES string of the molecule is CC1(C)C(C=O)C1C=C1CCCCC1. The van der Waals surface area contributed by atoms with Gasteiger partial charge in [-0.15, -0.1) is 0 Å². The molecule has 0 spiro atoms. The molecule has 2 unspecified atom stereocenters. The number of hydrogen-bond donors (Lipinski definition) is 0. The molecule has 0 N–H and O–H groups in total. The summed E-state index contributed by atoms with van der Waals surface area (Å²) in [6, 6.07) is 0. The number of rotatable bonds is 2. The van der Waals surface area contributed by atoms with Gasteiger partial charge in [-0.05, 0) is 37.0 Å². The average Bonchev–Trinajstić information content (AvgIpc) is 2.69. The third-order valence-corrected chi connectivity index (χ3v) is 4.05. The number of carbonyl (C=O) groups is 1. The van der Waals surface area contributed by atoms with Gasteiger partial charge in [0.2, 0.25) is 0 Å². The lowest BCUT2D eigenvalue weighted by atomic mass is 9.93. The summed E-state index contributed by atoms with van der Waals surface area (Å²) in [4.78, 5) is 10.8. The zero-order chi connectivity index (χ0) is 10.2. The van der Waals surface area contributed by atoms with Crippen LogP contribution < -0.4 is 0 Å². The van der Waals surface area contributed by atoms with Gasteiger partial charge in [-0.3, -0.25) is 0 Å². The Morgan fingerprint density at radius 2 is 1.79 bits per heavy atom. The van der Waals surface area contributed by atoms with Gasteiger partial charge in [0.25, 0.3) is 0 Å². The van der Waals surface area contributed by atoms with Gasteiger partial charge in [0.15, 0.2) is 0 Å². The second-order valence-electron chi connectivity index (χ2n) is 5.39. The molecular weight excluding hydrogens is 172 g/mol. The molecule has 0 bridgehead atoms. The molecule has 0 aliphatic heterocycles. The van der Waals surface area contributed by atoms with Gasteiger partial charge >= 0.3 is 0 Å². The van der Waals surface area contributed by atoms with Crippen molar-refractivity contribution in [2.45, 2.75) is 46.0 Å². The zero-order valence-corrected chi connectivity index (χ0v) is 9.25. The van der Waals surface area contributed by atoms with Gasteiger partial charge in [0.05, 0.1) is 0 Å². The molecule has 2 atom stereocenters. The molecule has 2 aliphatic rings. The van der Waals surface area contributed by atoms with Crippen LogP contribution in [0.1, 0.15) is 46.0 Å². The summed E-state index contributed by atoms with van der Waals surface area (Å²) in [5.74, 6) is 0.824. The molecule has 0 aromatic carbocycles. The van der Waals surface area contributed by atoms with Crippen LogP contribution in [-0.4, -0.2) is 6.29 Å². The quantitative estimate of drug-likeness (QED) is 0.484. The lowest BCUT2D eigenvalue weighted by Crippen LogP contribution is -1.95. The van der Waals surface area contributed by atoms with Gasteiger partial charge in [0.1, 0.15) is 6.29 Å². The summed E-state index contributed by atoms with van der Waals surface area (Å²) in [6.07, 6.45) is 10.2. The molecule has 14 heavy (non-hydrogen) atoms. The molecular formula is C13H20O. The fourth-order valence-electron chi connectivity index (χ4n) is 2.72. The first-order valence-electron chi connectivity index (χ1n) is 5.81. The summed E-state index contributed by atoms with van der Waals surface area (Å²) in [5, 5.41) is 0. The fourth-order valence-corrected chi connectivity index (χ4v) is 2.72. The predicted molar refractivity (Wildman–Crippen MR) is 58.0 cm³/mol. The van der Waals surface area contributed by atoms with Gasteiger partial charge in [0, 0.05) is 5.92 Å². The minimum atomic E-state index is 0.242. The topological polar surface area (TPSA) is 17.1 Å². The maximum Gasteiger partial charge on any atom is 0.124 e. The molecule has 1 heteroatoms. The Bertz CT molecular complexity index is 254. The molecule has 2 rings (SSSR count). The van der Waals surface area contributed by atoms with Crippen LogP contribution in [0.5, 0.6) is 0 Å². The lowest BCUT2D eigenvalue weighted by Gasteiger charge is -2.13. The maximum absolute atomic E-state index is 10.8. The first-order chi connectivity index (χ1) is 6.66. The van der Waals surface area contributed by atoms with Crippen LogP contribution in [0.15, 0.2) is 11.6 Å². The van der Waals surface area contributed by atoms with Crippen molar-refractivity contribution in [1.29, 1.82) is 0 Å². The number of carbonyl (C=O) groups excluding carboxylic acids is 1. The van der Waals surface area contributed by atoms with Gasteiger partial charge in [-0.25, -0.2) is 0 Å². The van der Waals surface area contributed by atoms with Crippen molar-refractivity contribution in [1.82, 2.24) is 0 Å². The maximum atomic E-state index is 10.8. The highest BCUT2D eigenvalue weighted by Gasteiger charge is 2.56. The summed E-state index contributed by atoms with van der Waals surface area (Å²) in [7, 11) is 0. The number of allylic oxidation sites excluding steroid dienone is 2. The van der Waals surface area contributed by atoms with E-state index in [0.29, 0.717) is 5.92 Å². The third kappa shape index (κ3) is 1.65. The molecule has 2 aliphatic carbocycles. The van der Waals surface area contributed by atoms with E-state index in [1.54, 1.807) is 5.57 Å². The zero-order valence-electron chi connectivity index (χ0n) is 9.25. The Morgan fingerprint density at radius 1 is 1.14 bits per heavy atom. The summed E-state index contributed by atoms with van der Waals surface area (Å²) in [5.41, 5.74) is 1.85. The largest absolute Gasteiger partial charge is 0.303 e. The Balaban J connectivity index is 2.00. The molecule has 0 heterocycles. The van der Waals surface area contributed by atoms with E-state index >= 15 is 0 Å². The van der Waals surface area contributed by atoms with E-state index in [1.807, 2.05) is 0 Å². The van der Waals surface area contributed by atoms with E-state index in [4.69, 9.17) is 0 Å². The number of hydrogen-bond acceptors (Lipinski definition) is 1. The van der Waals surface area contributed by atoms with E-state index in [-0.39, 0.29) is 11.3 Å². The molecule has 1 nitrogen and oxygen atoms in total. The molecule has 0 aromatic rings. The molecule has 0 aromatic heterocycles. The van der Waals surface area contributed by atoms with E-state index in [2.05, 4.69) is 19.9 Å². The van der Waals surface area contributed by atoms with Crippen LogP contribution in [0.3, 0.4) is 0 Å². The van der Waals surface area contributed by atoms with Crippen LogP contribution in [0.2, 0.25) is 0 Å². The van der Waals surface area contributed by atoms with Crippen LogP contribution in [0, 0.1) is 17.3 Å². The van der Waals surface area contributed by atoms with Crippen molar-refractivity contribution in [3.05, 3.63) is 11.6 Å². The number of aldehydes is 1. The van der Waals surface area contributed by atoms with Crippen LogP contribution in [0.4, 0.5) is 0 Å². The molecule has 0 radical (unpaired) electrons. The monoisotopic (exact) mass is 192 g/mol. The van der Waals surface area contributed by atoms with E-state index in [0.717, 1.165) is 6.29 Å². The van der Waals surface area contributed by atoms with Crippen LogP contribution >= 0.6 is 0 Å². The molecule has 78 valence electrons. The highest BCUT2D eigenvalue weighted by atomic mass is 16.1. The Kier molecular flexibility index (Phi) is 2.50. The van der Waals surface area contributed by atoms with Crippen LogP contribution in [0.25, 0.3) is 0 Å². The standard InChI is InChI=1S/C13H20O/c1-13(2)11(12(13)9-14)8-10-6-4-3-5-7-10/h8-9,11-12H,3-7H2,1-2H3. The van der Waals surface area contributed by atoms with Crippen molar-refractivity contribution in [2.75, 3.05) is 0 Å². The molecule has 2 saturated carbocycles. The fraction of sp³-hybridized carbons (Fsp3) is 0.769. The van der Waals surface area contributed by atoms with E-state index in [9.17, 15) is 4.79 Å². The Labute approximate surface area is 86.6 Å². The molecule has 0 saturated heterocycles. The second-order valence-corrected chi connectivity index (χ2v) is 5.39. The summed E-state index contributed by atoms with van der Waals surface area (Å²) < 4.78 is 0. The van der Waals surface area contributed by atoms with E-state index < -0.39 is 0 Å². The smallest absolute Gasteiger partial charge is 0.124 e. The minimum absolute atomic E-state index is 0.242. The lowest BCUT2D eigenvalue weighted by molar-refractivity contribution is -0.109. The van der Waals surface area contributed by atoms with Gasteiger partial charge in [-0.1, -0.05) is 31.9 Å². The summed E-state index contributed by atoms with van der Waals surface area (Å²) in [6.45, 7) is 4.41. The van der Waals surface area contributed by atoms with Crippen molar-refractivity contribution in [3.8, 4) is 0 Å².